The molecule has 1 aromatic heterocycles. The quantitative estimate of drug-likeness (QED) is 0.159. The molecule has 1 aliphatic carbocycles. The van der Waals surface area contributed by atoms with Gasteiger partial charge in [-0.1, -0.05) is 194 Å². The average molecular weight is 828 g/mol. The topological polar surface area (TPSA) is 16.4 Å². The monoisotopic (exact) mass is 827 g/mol. The first kappa shape index (κ1) is 37.1. The Kier molecular flexibility index (Phi) is 8.47. The maximum Gasteiger partial charge on any atom is 0.159 e. The van der Waals surface area contributed by atoms with Crippen LogP contribution in [0, 0.1) is 0 Å². The van der Waals surface area contributed by atoms with Gasteiger partial charge < -0.3 is 9.32 Å². The van der Waals surface area contributed by atoms with Crippen LogP contribution in [0.25, 0.3) is 76.9 Å². The van der Waals surface area contributed by atoms with Gasteiger partial charge in [-0.3, -0.25) is 0 Å². The Labute approximate surface area is 377 Å². The van der Waals surface area contributed by atoms with Crippen LogP contribution in [0.1, 0.15) is 22.3 Å². The minimum Gasteiger partial charge on any atom is -0.454 e. The van der Waals surface area contributed by atoms with Crippen LogP contribution in [0.5, 0.6) is 0 Å². The highest BCUT2D eigenvalue weighted by Crippen LogP contribution is 2.57. The van der Waals surface area contributed by atoms with Crippen LogP contribution in [0.3, 0.4) is 0 Å². The van der Waals surface area contributed by atoms with E-state index in [1.807, 2.05) is 6.07 Å². The van der Waals surface area contributed by atoms with Crippen molar-refractivity contribution >= 4 is 60.5 Å². The lowest BCUT2D eigenvalue weighted by atomic mass is 9.67. The Morgan fingerprint density at radius 3 is 1.57 bits per heavy atom. The van der Waals surface area contributed by atoms with Crippen molar-refractivity contribution in [2.24, 2.45) is 0 Å². The van der Waals surface area contributed by atoms with Gasteiger partial charge in [0.2, 0.25) is 0 Å². The number of nitrogens with zero attached hydrogens (tertiary/aromatic N) is 1. The zero-order valence-corrected chi connectivity index (χ0v) is 35.5. The molecule has 0 aliphatic heterocycles. The van der Waals surface area contributed by atoms with Crippen LogP contribution in [0.15, 0.2) is 253 Å². The number of hydrogen-bond donors (Lipinski definition) is 0. The van der Waals surface area contributed by atoms with Crippen molar-refractivity contribution in [3.05, 3.63) is 271 Å². The summed E-state index contributed by atoms with van der Waals surface area (Å²) in [4.78, 5) is 2.38. The van der Waals surface area contributed by atoms with Gasteiger partial charge in [-0.2, -0.15) is 0 Å². The Morgan fingerprint density at radius 1 is 0.323 bits per heavy atom. The molecular formula is C63H41NO. The highest BCUT2D eigenvalue weighted by atomic mass is 16.3. The maximum absolute atomic E-state index is 6.78. The minimum atomic E-state index is -0.530. The molecule has 0 radical (unpaired) electrons. The summed E-state index contributed by atoms with van der Waals surface area (Å²) in [5, 5.41) is 7.16. The predicted molar refractivity (Wildman–Crippen MR) is 272 cm³/mol. The molecule has 2 nitrogen and oxygen atoms in total. The van der Waals surface area contributed by atoms with Gasteiger partial charge in [0, 0.05) is 22.1 Å². The highest BCUT2D eigenvalue weighted by molar-refractivity contribution is 6.10. The van der Waals surface area contributed by atoms with Crippen molar-refractivity contribution in [2.75, 3.05) is 4.90 Å². The summed E-state index contributed by atoms with van der Waals surface area (Å²) >= 11 is 0. The first-order chi connectivity index (χ1) is 32.2. The molecule has 0 bridgehead atoms. The van der Waals surface area contributed by atoms with E-state index in [4.69, 9.17) is 4.42 Å². The zero-order valence-electron chi connectivity index (χ0n) is 35.5. The van der Waals surface area contributed by atoms with E-state index in [0.29, 0.717) is 0 Å². The molecule has 13 rings (SSSR count). The lowest BCUT2D eigenvalue weighted by Gasteiger charge is -2.35. The number of furan rings is 1. The molecule has 0 atom stereocenters. The molecule has 65 heavy (non-hydrogen) atoms. The Balaban J connectivity index is 0.956. The third-order valence-corrected chi connectivity index (χ3v) is 13.7. The fourth-order valence-electron chi connectivity index (χ4n) is 10.7. The molecule has 0 amide bonds. The van der Waals surface area contributed by atoms with Crippen molar-refractivity contribution in [2.45, 2.75) is 5.41 Å². The van der Waals surface area contributed by atoms with Crippen molar-refractivity contribution in [3.8, 4) is 33.4 Å². The van der Waals surface area contributed by atoms with Gasteiger partial charge in [-0.15, -0.1) is 0 Å². The molecule has 0 saturated carbocycles. The smallest absolute Gasteiger partial charge is 0.159 e. The normalized spacial score (nSPS) is 12.7. The number of hydrogen-bond acceptors (Lipinski definition) is 2. The second-order valence-corrected chi connectivity index (χ2v) is 17.2. The zero-order chi connectivity index (χ0) is 42.9. The SMILES string of the molecule is c1ccc(C2(c3ccccc3)c3ccccc3-c3ccc(N(c4ccc(-c5ccc6cc(-c7ccc8ccccc8c7)ccc6c5)cc4)c4cccc5c4oc4ccccc45)cc32)cc1. The van der Waals surface area contributed by atoms with E-state index in [1.165, 1.54) is 71.6 Å². The van der Waals surface area contributed by atoms with Crippen molar-refractivity contribution in [1.82, 2.24) is 0 Å². The molecule has 0 spiro atoms. The van der Waals surface area contributed by atoms with Gasteiger partial charge in [0.25, 0.3) is 0 Å². The summed E-state index contributed by atoms with van der Waals surface area (Å²) in [5.41, 5.74) is 16.6. The van der Waals surface area contributed by atoms with Gasteiger partial charge in [0.15, 0.2) is 5.58 Å². The fourth-order valence-corrected chi connectivity index (χ4v) is 10.7. The average Bonchev–Trinajstić information content (AvgIpc) is 3.91. The van der Waals surface area contributed by atoms with Gasteiger partial charge in [-0.05, 0) is 132 Å². The van der Waals surface area contributed by atoms with Gasteiger partial charge >= 0.3 is 0 Å². The van der Waals surface area contributed by atoms with Crippen LogP contribution in [0.4, 0.5) is 17.1 Å². The van der Waals surface area contributed by atoms with Gasteiger partial charge in [0.1, 0.15) is 5.58 Å². The van der Waals surface area contributed by atoms with E-state index < -0.39 is 5.41 Å². The molecular weight excluding hydrogens is 787 g/mol. The first-order valence-electron chi connectivity index (χ1n) is 22.4. The van der Waals surface area contributed by atoms with Crippen LogP contribution in [-0.2, 0) is 5.41 Å². The van der Waals surface area contributed by atoms with E-state index in [1.54, 1.807) is 0 Å². The molecule has 304 valence electrons. The van der Waals surface area contributed by atoms with Gasteiger partial charge in [-0.25, -0.2) is 0 Å². The lowest BCUT2D eigenvalue weighted by molar-refractivity contribution is 0.669. The number of para-hydroxylation sites is 2. The third kappa shape index (κ3) is 5.88. The van der Waals surface area contributed by atoms with Crippen LogP contribution < -0.4 is 4.90 Å². The maximum atomic E-state index is 6.78. The highest BCUT2D eigenvalue weighted by Gasteiger charge is 2.46. The Morgan fingerprint density at radius 2 is 0.846 bits per heavy atom. The lowest BCUT2D eigenvalue weighted by Crippen LogP contribution is -2.28. The Hall–Kier alpha value is -8.46. The summed E-state index contributed by atoms with van der Waals surface area (Å²) in [6.45, 7) is 0. The van der Waals surface area contributed by atoms with Crippen LogP contribution in [0.2, 0.25) is 0 Å². The molecule has 1 aliphatic rings. The summed E-state index contributed by atoms with van der Waals surface area (Å²) in [6, 6.07) is 90.8. The molecule has 0 fully saturated rings. The molecule has 1 heterocycles. The Bertz CT molecular complexity index is 3730. The van der Waals surface area contributed by atoms with Crippen LogP contribution >= 0.6 is 0 Å². The fraction of sp³-hybridized carbons (Fsp3) is 0.0159. The molecule has 11 aromatic carbocycles. The number of rotatable bonds is 7. The summed E-state index contributed by atoms with van der Waals surface area (Å²) < 4.78 is 6.78. The second kappa shape index (κ2) is 14.8. The van der Waals surface area contributed by atoms with E-state index in [9.17, 15) is 0 Å². The predicted octanol–water partition coefficient (Wildman–Crippen LogP) is 17.1. The molecule has 0 N–H and O–H groups in total. The summed E-state index contributed by atoms with van der Waals surface area (Å²) in [7, 11) is 0. The van der Waals surface area contributed by atoms with E-state index >= 15 is 0 Å². The van der Waals surface area contributed by atoms with E-state index in [0.717, 1.165) is 44.6 Å². The standard InChI is InChI=1S/C63H41NO/c1-3-16-50(17-4-1)63(51-18-5-2-6-19-51)58-23-11-9-20-54(58)55-37-36-53(41-59(55)63)64(60-24-13-22-57-56-21-10-12-25-61(56)65-62(57)60)52-34-32-43(33-35-52)45-28-29-48-40-49(31-30-47(48)39-45)46-27-26-42-14-7-8-15-44(42)38-46/h1-41H. The van der Waals surface area contributed by atoms with Crippen LogP contribution in [-0.4, -0.2) is 0 Å². The van der Waals surface area contributed by atoms with Crippen molar-refractivity contribution < 1.29 is 4.42 Å². The third-order valence-electron chi connectivity index (χ3n) is 13.7. The van der Waals surface area contributed by atoms with E-state index in [2.05, 4.69) is 248 Å². The summed E-state index contributed by atoms with van der Waals surface area (Å²) in [6.07, 6.45) is 0. The minimum absolute atomic E-state index is 0.530. The molecule has 2 heteroatoms. The first-order valence-corrected chi connectivity index (χ1v) is 22.4. The second-order valence-electron chi connectivity index (χ2n) is 17.2. The van der Waals surface area contributed by atoms with Gasteiger partial charge in [0.05, 0.1) is 11.1 Å². The number of benzene rings is 11. The van der Waals surface area contributed by atoms with Crippen molar-refractivity contribution in [1.29, 1.82) is 0 Å². The summed E-state index contributed by atoms with van der Waals surface area (Å²) in [5.74, 6) is 0. The number of fused-ring (bicyclic) bond motifs is 8. The molecule has 0 saturated heterocycles. The largest absolute Gasteiger partial charge is 0.454 e. The number of anilines is 3. The van der Waals surface area contributed by atoms with Crippen molar-refractivity contribution in [3.63, 3.8) is 0 Å². The molecule has 12 aromatic rings. The molecule has 0 unspecified atom stereocenters. The van der Waals surface area contributed by atoms with E-state index in [-0.39, 0.29) is 0 Å².